The second-order valence-electron chi connectivity index (χ2n) is 4.76. The normalized spacial score (nSPS) is 14.0. The smallest absolute Gasteiger partial charge is 0.0940 e. The van der Waals surface area contributed by atoms with E-state index in [1.54, 1.807) is 6.07 Å². The van der Waals surface area contributed by atoms with E-state index in [1.165, 1.54) is 0 Å². The van der Waals surface area contributed by atoms with Crippen LogP contribution in [0.4, 0.5) is 0 Å². The largest absolute Gasteiger partial charge is 0.387 e. The highest BCUT2D eigenvalue weighted by Crippen LogP contribution is 2.22. The van der Waals surface area contributed by atoms with Gasteiger partial charge in [0.1, 0.15) is 0 Å². The summed E-state index contributed by atoms with van der Waals surface area (Å²) in [6.45, 7) is 2.53. The Bertz CT molecular complexity index is 560. The minimum Gasteiger partial charge on any atom is -0.387 e. The topological polar surface area (TPSA) is 32.3 Å². The number of aliphatic hydroxyl groups excluding tert-OH is 1. The summed E-state index contributed by atoms with van der Waals surface area (Å²) in [5, 5.41) is 14.8. The molecule has 2 aromatic carbocycles. The van der Waals surface area contributed by atoms with E-state index in [2.05, 4.69) is 5.32 Å². The lowest BCUT2D eigenvalue weighted by molar-refractivity contribution is 0.135. The third kappa shape index (κ3) is 3.97. The Hall–Kier alpha value is -1.06. The monoisotopic (exact) mass is 309 g/mol. The maximum absolute atomic E-state index is 10.3. The molecule has 0 radical (unpaired) electrons. The van der Waals surface area contributed by atoms with E-state index >= 15 is 0 Å². The molecule has 0 spiro atoms. The van der Waals surface area contributed by atoms with Gasteiger partial charge in [-0.25, -0.2) is 0 Å². The fourth-order valence-corrected chi connectivity index (χ4v) is 2.46. The summed E-state index contributed by atoms with van der Waals surface area (Å²) in [5.74, 6) is 0. The Kier molecular flexibility index (Phi) is 5.44. The molecule has 0 aliphatic carbocycles. The van der Waals surface area contributed by atoms with E-state index in [1.807, 2.05) is 49.4 Å². The summed E-state index contributed by atoms with van der Waals surface area (Å²) in [5.41, 5.74) is 1.86. The third-order valence-electron chi connectivity index (χ3n) is 3.24. The molecular formula is C16H17Cl2NO. The molecule has 0 fully saturated rings. The summed E-state index contributed by atoms with van der Waals surface area (Å²) in [7, 11) is 0. The second kappa shape index (κ2) is 7.09. The van der Waals surface area contributed by atoms with Crippen LogP contribution in [0.2, 0.25) is 10.0 Å². The molecule has 0 aromatic heterocycles. The molecule has 20 heavy (non-hydrogen) atoms. The van der Waals surface area contributed by atoms with E-state index in [-0.39, 0.29) is 6.04 Å². The van der Waals surface area contributed by atoms with Crippen LogP contribution < -0.4 is 5.32 Å². The summed E-state index contributed by atoms with van der Waals surface area (Å²) in [4.78, 5) is 0. The van der Waals surface area contributed by atoms with Gasteiger partial charge in [0.15, 0.2) is 0 Å². The molecule has 0 bridgehead atoms. The van der Waals surface area contributed by atoms with Gasteiger partial charge in [-0.05, 0) is 30.2 Å². The van der Waals surface area contributed by atoms with E-state index in [0.717, 1.165) is 11.1 Å². The van der Waals surface area contributed by atoms with Crippen LogP contribution in [0, 0.1) is 0 Å². The molecule has 0 amide bonds. The standard InChI is InChI=1S/C16H17Cl2NO/c1-11(16(20)12-5-3-2-4-6-12)19-10-13-7-8-14(17)9-15(13)18/h2-9,11,16,19-20H,10H2,1H3/t11-,16-/m1/s1. The van der Waals surface area contributed by atoms with E-state index in [9.17, 15) is 5.11 Å². The lowest BCUT2D eigenvalue weighted by Crippen LogP contribution is -2.31. The average molecular weight is 310 g/mol. The van der Waals surface area contributed by atoms with Gasteiger partial charge in [0.2, 0.25) is 0 Å². The number of benzene rings is 2. The second-order valence-corrected chi connectivity index (χ2v) is 5.60. The maximum atomic E-state index is 10.3. The predicted molar refractivity (Wildman–Crippen MR) is 84.2 cm³/mol. The number of halogens is 2. The summed E-state index contributed by atoms with van der Waals surface area (Å²) < 4.78 is 0. The Labute approximate surface area is 129 Å². The van der Waals surface area contributed by atoms with Gasteiger partial charge in [-0.1, -0.05) is 59.6 Å². The van der Waals surface area contributed by atoms with Gasteiger partial charge in [-0.15, -0.1) is 0 Å². The maximum Gasteiger partial charge on any atom is 0.0940 e. The highest BCUT2D eigenvalue weighted by Gasteiger charge is 2.15. The van der Waals surface area contributed by atoms with Crippen molar-refractivity contribution in [2.24, 2.45) is 0 Å². The molecule has 2 aromatic rings. The Morgan fingerprint density at radius 2 is 1.80 bits per heavy atom. The zero-order valence-electron chi connectivity index (χ0n) is 11.2. The molecule has 0 aliphatic heterocycles. The first-order valence-corrected chi connectivity index (χ1v) is 7.24. The highest BCUT2D eigenvalue weighted by molar-refractivity contribution is 6.35. The molecule has 0 unspecified atom stereocenters. The molecule has 2 N–H and O–H groups in total. The Balaban J connectivity index is 1.96. The lowest BCUT2D eigenvalue weighted by Gasteiger charge is -2.21. The van der Waals surface area contributed by atoms with E-state index in [0.29, 0.717) is 16.6 Å². The van der Waals surface area contributed by atoms with Gasteiger partial charge in [-0.3, -0.25) is 0 Å². The lowest BCUT2D eigenvalue weighted by atomic mass is 10.0. The number of aliphatic hydroxyl groups is 1. The molecule has 0 aliphatic rings. The van der Waals surface area contributed by atoms with Gasteiger partial charge in [0.25, 0.3) is 0 Å². The van der Waals surface area contributed by atoms with Crippen molar-refractivity contribution >= 4 is 23.2 Å². The SMILES string of the molecule is C[C@@H](NCc1ccc(Cl)cc1Cl)[C@@H](O)c1ccccc1. The van der Waals surface area contributed by atoms with Crippen LogP contribution in [0.15, 0.2) is 48.5 Å². The Morgan fingerprint density at radius 3 is 2.45 bits per heavy atom. The fraction of sp³-hybridized carbons (Fsp3) is 0.250. The van der Waals surface area contributed by atoms with Crippen molar-refractivity contribution in [3.8, 4) is 0 Å². The van der Waals surface area contributed by atoms with Crippen molar-refractivity contribution in [3.63, 3.8) is 0 Å². The van der Waals surface area contributed by atoms with Gasteiger partial charge in [-0.2, -0.15) is 0 Å². The zero-order valence-corrected chi connectivity index (χ0v) is 12.7. The molecule has 0 heterocycles. The van der Waals surface area contributed by atoms with E-state index in [4.69, 9.17) is 23.2 Å². The fourth-order valence-electron chi connectivity index (χ4n) is 1.99. The molecule has 0 saturated heterocycles. The van der Waals surface area contributed by atoms with Crippen LogP contribution in [0.5, 0.6) is 0 Å². The van der Waals surface area contributed by atoms with Crippen LogP contribution in [0.1, 0.15) is 24.2 Å². The van der Waals surface area contributed by atoms with Crippen LogP contribution in [-0.2, 0) is 6.54 Å². The predicted octanol–water partition coefficient (Wildman–Crippen LogP) is 4.21. The van der Waals surface area contributed by atoms with Crippen molar-refractivity contribution in [3.05, 3.63) is 69.7 Å². The van der Waals surface area contributed by atoms with Crippen molar-refractivity contribution in [2.45, 2.75) is 25.6 Å². The zero-order chi connectivity index (χ0) is 14.5. The summed E-state index contributed by atoms with van der Waals surface area (Å²) in [6.07, 6.45) is -0.553. The Morgan fingerprint density at radius 1 is 1.10 bits per heavy atom. The van der Waals surface area contributed by atoms with Crippen LogP contribution in [0.3, 0.4) is 0 Å². The van der Waals surface area contributed by atoms with Gasteiger partial charge in [0, 0.05) is 22.6 Å². The summed E-state index contributed by atoms with van der Waals surface area (Å²) >= 11 is 12.0. The van der Waals surface area contributed by atoms with Gasteiger partial charge >= 0.3 is 0 Å². The van der Waals surface area contributed by atoms with Crippen LogP contribution >= 0.6 is 23.2 Å². The number of nitrogens with one attached hydrogen (secondary N) is 1. The molecule has 106 valence electrons. The summed E-state index contributed by atoms with van der Waals surface area (Å²) in [6, 6.07) is 14.9. The van der Waals surface area contributed by atoms with Crippen LogP contribution in [0.25, 0.3) is 0 Å². The number of hydrogen-bond acceptors (Lipinski definition) is 2. The van der Waals surface area contributed by atoms with Crippen LogP contribution in [-0.4, -0.2) is 11.1 Å². The number of hydrogen-bond donors (Lipinski definition) is 2. The van der Waals surface area contributed by atoms with E-state index < -0.39 is 6.10 Å². The van der Waals surface area contributed by atoms with Crippen molar-refractivity contribution in [1.82, 2.24) is 5.32 Å². The highest BCUT2D eigenvalue weighted by atomic mass is 35.5. The quantitative estimate of drug-likeness (QED) is 0.867. The van der Waals surface area contributed by atoms with Gasteiger partial charge in [0.05, 0.1) is 6.10 Å². The average Bonchev–Trinajstić information content (AvgIpc) is 2.46. The minimum atomic E-state index is -0.553. The third-order valence-corrected chi connectivity index (χ3v) is 3.83. The molecule has 0 saturated carbocycles. The minimum absolute atomic E-state index is 0.0795. The van der Waals surface area contributed by atoms with Crippen molar-refractivity contribution in [2.75, 3.05) is 0 Å². The first kappa shape index (κ1) is 15.3. The van der Waals surface area contributed by atoms with Crippen molar-refractivity contribution < 1.29 is 5.11 Å². The van der Waals surface area contributed by atoms with Gasteiger partial charge < -0.3 is 10.4 Å². The molecule has 4 heteroatoms. The molecule has 2 atom stereocenters. The first-order valence-electron chi connectivity index (χ1n) is 6.48. The van der Waals surface area contributed by atoms with Crippen molar-refractivity contribution in [1.29, 1.82) is 0 Å². The molecule has 2 rings (SSSR count). The number of rotatable bonds is 5. The molecule has 2 nitrogen and oxygen atoms in total. The first-order chi connectivity index (χ1) is 9.58. The molecular weight excluding hydrogens is 293 g/mol.